The van der Waals surface area contributed by atoms with Crippen molar-refractivity contribution in [1.29, 1.82) is 0 Å². The SMILES string of the molecule is CCCC[C@H]1CC=C[C@@H](Cc2ccc(Br)cc2)O1. The number of ether oxygens (including phenoxy) is 1. The van der Waals surface area contributed by atoms with E-state index in [0.29, 0.717) is 6.10 Å². The highest BCUT2D eigenvalue weighted by Gasteiger charge is 2.17. The fourth-order valence-corrected chi connectivity index (χ4v) is 2.58. The molecule has 98 valence electrons. The second-order valence-electron chi connectivity index (χ2n) is 4.93. The smallest absolute Gasteiger partial charge is 0.0800 e. The molecule has 1 aliphatic heterocycles. The molecule has 0 saturated heterocycles. The molecule has 2 rings (SSSR count). The van der Waals surface area contributed by atoms with Crippen LogP contribution in [0.5, 0.6) is 0 Å². The summed E-state index contributed by atoms with van der Waals surface area (Å²) in [4.78, 5) is 0. The molecule has 0 amide bonds. The van der Waals surface area contributed by atoms with Crippen molar-refractivity contribution in [2.45, 2.75) is 51.2 Å². The predicted molar refractivity (Wildman–Crippen MR) is 79.8 cm³/mol. The topological polar surface area (TPSA) is 9.23 Å². The van der Waals surface area contributed by atoms with Crippen molar-refractivity contribution in [2.75, 3.05) is 0 Å². The fourth-order valence-electron chi connectivity index (χ4n) is 2.32. The van der Waals surface area contributed by atoms with Crippen LogP contribution >= 0.6 is 15.9 Å². The van der Waals surface area contributed by atoms with Gasteiger partial charge in [-0.25, -0.2) is 0 Å². The lowest BCUT2D eigenvalue weighted by Gasteiger charge is -2.26. The molecule has 2 atom stereocenters. The Balaban J connectivity index is 1.87. The Labute approximate surface area is 118 Å². The molecule has 1 heterocycles. The zero-order valence-electron chi connectivity index (χ0n) is 10.9. The van der Waals surface area contributed by atoms with Gasteiger partial charge in [-0.2, -0.15) is 0 Å². The average Bonchev–Trinajstić information content (AvgIpc) is 2.40. The summed E-state index contributed by atoms with van der Waals surface area (Å²) in [5, 5.41) is 0. The van der Waals surface area contributed by atoms with Crippen LogP contribution in [0.25, 0.3) is 0 Å². The Bertz CT molecular complexity index is 383. The molecule has 0 saturated carbocycles. The molecular formula is C16H21BrO. The van der Waals surface area contributed by atoms with Gasteiger partial charge in [-0.15, -0.1) is 0 Å². The Morgan fingerprint density at radius 2 is 2.06 bits per heavy atom. The van der Waals surface area contributed by atoms with Crippen LogP contribution in [0.4, 0.5) is 0 Å². The molecule has 0 spiro atoms. The standard InChI is InChI=1S/C16H21BrO/c1-2-3-5-15-6-4-7-16(18-15)12-13-8-10-14(17)11-9-13/h4,7-11,15-16H,2-3,5-6,12H2,1H3/t15-,16-/m0/s1. The van der Waals surface area contributed by atoms with Gasteiger partial charge in [0.25, 0.3) is 0 Å². The summed E-state index contributed by atoms with van der Waals surface area (Å²) in [6.07, 6.45) is 10.9. The molecule has 1 aromatic carbocycles. The highest BCUT2D eigenvalue weighted by atomic mass is 79.9. The summed E-state index contributed by atoms with van der Waals surface area (Å²) in [6.45, 7) is 2.23. The van der Waals surface area contributed by atoms with Gasteiger partial charge in [0.05, 0.1) is 12.2 Å². The summed E-state index contributed by atoms with van der Waals surface area (Å²) in [5.41, 5.74) is 1.34. The lowest BCUT2D eigenvalue weighted by Crippen LogP contribution is -2.25. The molecule has 18 heavy (non-hydrogen) atoms. The van der Waals surface area contributed by atoms with Crippen molar-refractivity contribution in [3.05, 3.63) is 46.5 Å². The van der Waals surface area contributed by atoms with E-state index in [9.17, 15) is 0 Å². The summed E-state index contributed by atoms with van der Waals surface area (Å²) in [7, 11) is 0. The van der Waals surface area contributed by atoms with Crippen molar-refractivity contribution in [1.82, 2.24) is 0 Å². The van der Waals surface area contributed by atoms with Gasteiger partial charge in [0, 0.05) is 10.9 Å². The van der Waals surface area contributed by atoms with Crippen LogP contribution < -0.4 is 0 Å². The van der Waals surface area contributed by atoms with E-state index in [1.807, 2.05) is 0 Å². The maximum atomic E-state index is 6.12. The van der Waals surface area contributed by atoms with Gasteiger partial charge in [-0.1, -0.05) is 60.0 Å². The molecule has 1 nitrogen and oxygen atoms in total. The Morgan fingerprint density at radius 1 is 1.28 bits per heavy atom. The molecular weight excluding hydrogens is 288 g/mol. The van der Waals surface area contributed by atoms with Gasteiger partial charge in [0.15, 0.2) is 0 Å². The fraction of sp³-hybridized carbons (Fsp3) is 0.500. The van der Waals surface area contributed by atoms with Crippen molar-refractivity contribution in [3.63, 3.8) is 0 Å². The van der Waals surface area contributed by atoms with Crippen molar-refractivity contribution in [3.8, 4) is 0 Å². The summed E-state index contributed by atoms with van der Waals surface area (Å²) >= 11 is 3.46. The van der Waals surface area contributed by atoms with Crippen molar-refractivity contribution in [2.24, 2.45) is 0 Å². The zero-order valence-corrected chi connectivity index (χ0v) is 12.5. The highest BCUT2D eigenvalue weighted by Crippen LogP contribution is 2.21. The minimum Gasteiger partial charge on any atom is -0.370 e. The zero-order chi connectivity index (χ0) is 12.8. The van der Waals surface area contributed by atoms with Gasteiger partial charge in [-0.3, -0.25) is 0 Å². The predicted octanol–water partition coefficient (Wildman–Crippen LogP) is 4.90. The van der Waals surface area contributed by atoms with Crippen LogP contribution in [-0.4, -0.2) is 12.2 Å². The van der Waals surface area contributed by atoms with Gasteiger partial charge >= 0.3 is 0 Å². The van der Waals surface area contributed by atoms with Crippen LogP contribution in [0.15, 0.2) is 40.9 Å². The molecule has 0 bridgehead atoms. The van der Waals surface area contributed by atoms with E-state index in [1.165, 1.54) is 24.8 Å². The van der Waals surface area contributed by atoms with Crippen LogP contribution in [0, 0.1) is 0 Å². The van der Waals surface area contributed by atoms with Gasteiger partial charge in [0.2, 0.25) is 0 Å². The summed E-state index contributed by atoms with van der Waals surface area (Å²) < 4.78 is 7.26. The molecule has 0 aromatic heterocycles. The first-order chi connectivity index (χ1) is 8.78. The van der Waals surface area contributed by atoms with E-state index in [4.69, 9.17) is 4.74 Å². The van der Waals surface area contributed by atoms with Gasteiger partial charge in [-0.05, 0) is 30.5 Å². The second-order valence-corrected chi connectivity index (χ2v) is 5.85. The van der Waals surface area contributed by atoms with Crippen LogP contribution in [0.1, 0.15) is 38.2 Å². The molecule has 0 fully saturated rings. The van der Waals surface area contributed by atoms with E-state index in [2.05, 4.69) is 59.3 Å². The first-order valence-corrected chi connectivity index (χ1v) is 7.64. The third kappa shape index (κ3) is 4.25. The maximum absolute atomic E-state index is 6.12. The Kier molecular flexibility index (Phi) is 5.45. The van der Waals surface area contributed by atoms with Gasteiger partial charge < -0.3 is 4.74 Å². The number of hydrogen-bond donors (Lipinski definition) is 0. The monoisotopic (exact) mass is 308 g/mol. The van der Waals surface area contributed by atoms with E-state index in [0.717, 1.165) is 17.3 Å². The van der Waals surface area contributed by atoms with E-state index >= 15 is 0 Å². The number of benzene rings is 1. The molecule has 0 radical (unpaired) electrons. The largest absolute Gasteiger partial charge is 0.370 e. The third-order valence-corrected chi connectivity index (χ3v) is 3.88. The number of rotatable bonds is 5. The second kappa shape index (κ2) is 7.10. The average molecular weight is 309 g/mol. The minimum absolute atomic E-state index is 0.252. The lowest BCUT2D eigenvalue weighted by atomic mass is 10.0. The van der Waals surface area contributed by atoms with Crippen molar-refractivity contribution < 1.29 is 4.74 Å². The van der Waals surface area contributed by atoms with E-state index < -0.39 is 0 Å². The van der Waals surface area contributed by atoms with Crippen molar-refractivity contribution >= 4 is 15.9 Å². The van der Waals surface area contributed by atoms with Crippen LogP contribution in [0.3, 0.4) is 0 Å². The Morgan fingerprint density at radius 3 is 2.78 bits per heavy atom. The highest BCUT2D eigenvalue weighted by molar-refractivity contribution is 9.10. The maximum Gasteiger partial charge on any atom is 0.0800 e. The number of unbranched alkanes of at least 4 members (excludes halogenated alkanes) is 1. The first-order valence-electron chi connectivity index (χ1n) is 6.84. The molecule has 1 aliphatic rings. The van der Waals surface area contributed by atoms with E-state index in [1.54, 1.807) is 0 Å². The quantitative estimate of drug-likeness (QED) is 0.703. The molecule has 2 heteroatoms. The number of halogens is 1. The molecule has 0 unspecified atom stereocenters. The third-order valence-electron chi connectivity index (χ3n) is 3.35. The molecule has 1 aromatic rings. The minimum atomic E-state index is 0.252. The first kappa shape index (κ1) is 13.8. The summed E-state index contributed by atoms with van der Waals surface area (Å²) in [5.74, 6) is 0. The van der Waals surface area contributed by atoms with Crippen LogP contribution in [-0.2, 0) is 11.2 Å². The van der Waals surface area contributed by atoms with Gasteiger partial charge in [0.1, 0.15) is 0 Å². The lowest BCUT2D eigenvalue weighted by molar-refractivity contribution is 0.00112. The van der Waals surface area contributed by atoms with Crippen LogP contribution in [0.2, 0.25) is 0 Å². The Hall–Kier alpha value is -0.600. The summed E-state index contributed by atoms with van der Waals surface area (Å²) in [6, 6.07) is 8.51. The normalized spacial score (nSPS) is 23.2. The molecule has 0 N–H and O–H groups in total. The number of hydrogen-bond acceptors (Lipinski definition) is 1. The van der Waals surface area contributed by atoms with E-state index in [-0.39, 0.29) is 6.10 Å². The molecule has 0 aliphatic carbocycles.